The molecule has 4 aliphatic rings. The first-order valence-electron chi connectivity index (χ1n) is 19.1. The Kier molecular flexibility index (Phi) is 10.9. The number of rotatable bonds is 8. The van der Waals surface area contributed by atoms with Crippen molar-refractivity contribution < 1.29 is 41.8 Å². The lowest BCUT2D eigenvalue weighted by Crippen LogP contribution is -2.48. The molecule has 0 bridgehead atoms. The number of sulfonamides is 1. The lowest BCUT2D eigenvalue weighted by molar-refractivity contribution is -0.159. The van der Waals surface area contributed by atoms with Crippen LogP contribution in [0, 0.1) is 29.1 Å². The van der Waals surface area contributed by atoms with Gasteiger partial charge in [-0.1, -0.05) is 32.4 Å². The second-order valence-corrected chi connectivity index (χ2v) is 19.4. The molecule has 2 aliphatic heterocycles. The van der Waals surface area contributed by atoms with E-state index in [2.05, 4.69) is 21.6 Å². The Morgan fingerprint density at radius 2 is 1.81 bits per heavy atom. The Labute approximate surface area is 318 Å². The molecule has 3 fully saturated rings. The number of methoxy groups -OCH3 is 1. The second-order valence-electron chi connectivity index (χ2n) is 17.2. The van der Waals surface area contributed by atoms with Gasteiger partial charge in [-0.3, -0.25) is 23.9 Å². The van der Waals surface area contributed by atoms with Crippen molar-refractivity contribution in [1.82, 2.24) is 19.6 Å². The van der Waals surface area contributed by atoms with Gasteiger partial charge in [-0.05, 0) is 89.7 Å². The molecular weight excluding hydrogens is 713 g/mol. The lowest BCUT2D eigenvalue weighted by atomic mass is 9.84. The van der Waals surface area contributed by atoms with Crippen LogP contribution >= 0.6 is 0 Å². The molecule has 2 aliphatic carbocycles. The van der Waals surface area contributed by atoms with E-state index < -0.39 is 55.7 Å². The van der Waals surface area contributed by atoms with Crippen LogP contribution in [0.2, 0.25) is 0 Å². The van der Waals surface area contributed by atoms with Gasteiger partial charge in [-0.15, -0.1) is 0 Å². The number of allylic oxidation sites excluding steroid dienone is 2. The summed E-state index contributed by atoms with van der Waals surface area (Å²) in [5.41, 5.74) is -0.842. The van der Waals surface area contributed by atoms with Gasteiger partial charge in [-0.2, -0.15) is 0 Å². The number of aromatic nitrogens is 2. The fourth-order valence-corrected chi connectivity index (χ4v) is 9.14. The van der Waals surface area contributed by atoms with E-state index in [-0.39, 0.29) is 61.1 Å². The summed E-state index contributed by atoms with van der Waals surface area (Å²) in [7, 11) is -2.40. The molecule has 2 saturated carbocycles. The van der Waals surface area contributed by atoms with E-state index in [0.717, 1.165) is 12.8 Å². The van der Waals surface area contributed by atoms with Gasteiger partial charge in [0.2, 0.25) is 27.7 Å². The molecule has 54 heavy (non-hydrogen) atoms. The Morgan fingerprint density at radius 1 is 1.07 bits per heavy atom. The van der Waals surface area contributed by atoms with E-state index in [9.17, 15) is 27.6 Å². The molecular formula is C40H54N4O9S. The van der Waals surface area contributed by atoms with Gasteiger partial charge < -0.3 is 19.1 Å². The Hall–Kier alpha value is -4.07. The smallest absolute Gasteiger partial charge is 0.307 e. The molecule has 1 saturated heterocycles. The molecule has 2 aromatic rings. The monoisotopic (exact) mass is 766 g/mol. The fourth-order valence-electron chi connectivity index (χ4n) is 7.80. The molecule has 3 heterocycles. The normalized spacial score (nSPS) is 30.6. The van der Waals surface area contributed by atoms with E-state index >= 15 is 0 Å². The third kappa shape index (κ3) is 8.58. The average Bonchev–Trinajstić information content (AvgIpc) is 3.98. The first kappa shape index (κ1) is 39.6. The standard InChI is InChI=1S/C40H54N4O9S/c1-24-9-8-10-25(2)29(19-35(46)53-38(3,4)5)36(47)44-23-28(52-34-22-41-30-14-13-27(51-7)17-31(30)42-34)18-32(44)33(45)21-40(20-26(40)12-11-24)37(48)43-54(49,50)39(6)15-16-39/h11-14,17,22,24-26,28-29,32H,8-10,15-16,18-21,23H2,1-7H3,(H,43,48)/b12-11-/t24-,25+,26+,28+,29-,32-,40+/m0/s1. The molecule has 0 radical (unpaired) electrons. The third-order valence-corrected chi connectivity index (χ3v) is 13.8. The minimum atomic E-state index is -3.95. The van der Waals surface area contributed by atoms with Gasteiger partial charge in [-0.25, -0.2) is 18.4 Å². The number of esters is 1. The van der Waals surface area contributed by atoms with Crippen molar-refractivity contribution in [2.45, 2.75) is 122 Å². The molecule has 2 amide bonds. The number of nitrogens with zero attached hydrogens (tertiary/aromatic N) is 3. The number of carbonyl (C=O) groups is 4. The zero-order chi connectivity index (χ0) is 39.2. The van der Waals surface area contributed by atoms with Gasteiger partial charge in [0.05, 0.1) is 59.4 Å². The largest absolute Gasteiger partial charge is 0.497 e. The molecule has 7 atom stereocenters. The highest BCUT2D eigenvalue weighted by Crippen LogP contribution is 2.58. The number of amides is 2. The van der Waals surface area contributed by atoms with Crippen LogP contribution in [0.15, 0.2) is 36.5 Å². The molecule has 1 aromatic carbocycles. The summed E-state index contributed by atoms with van der Waals surface area (Å²) in [5.74, 6) is -2.26. The van der Waals surface area contributed by atoms with Crippen molar-refractivity contribution in [3.63, 3.8) is 0 Å². The topological polar surface area (TPSA) is 171 Å². The molecule has 0 spiro atoms. The van der Waals surface area contributed by atoms with Crippen molar-refractivity contribution in [1.29, 1.82) is 0 Å². The van der Waals surface area contributed by atoms with Crippen molar-refractivity contribution in [2.24, 2.45) is 29.1 Å². The summed E-state index contributed by atoms with van der Waals surface area (Å²) in [6, 6.07) is 4.31. The van der Waals surface area contributed by atoms with Crippen LogP contribution in [-0.2, 0) is 33.9 Å². The predicted molar refractivity (Wildman–Crippen MR) is 201 cm³/mol. The maximum atomic E-state index is 14.7. The molecule has 0 unspecified atom stereocenters. The molecule has 1 aromatic heterocycles. The van der Waals surface area contributed by atoms with Crippen LogP contribution in [-0.4, -0.2) is 83.0 Å². The summed E-state index contributed by atoms with van der Waals surface area (Å²) in [4.78, 5) is 67.1. The highest BCUT2D eigenvalue weighted by molar-refractivity contribution is 7.91. The quantitative estimate of drug-likeness (QED) is 0.273. The zero-order valence-electron chi connectivity index (χ0n) is 32.4. The fraction of sp³-hybridized carbons (Fsp3) is 0.650. The van der Waals surface area contributed by atoms with Gasteiger partial charge in [0, 0.05) is 18.9 Å². The molecule has 294 valence electrons. The van der Waals surface area contributed by atoms with Crippen LogP contribution in [0.25, 0.3) is 11.0 Å². The van der Waals surface area contributed by atoms with Gasteiger partial charge in [0.1, 0.15) is 17.5 Å². The first-order chi connectivity index (χ1) is 25.3. The summed E-state index contributed by atoms with van der Waals surface area (Å²) < 4.78 is 45.1. The maximum Gasteiger partial charge on any atom is 0.307 e. The number of hydrogen-bond acceptors (Lipinski definition) is 11. The first-order valence-corrected chi connectivity index (χ1v) is 20.6. The molecule has 6 rings (SSSR count). The Morgan fingerprint density at radius 3 is 2.50 bits per heavy atom. The van der Waals surface area contributed by atoms with Gasteiger partial charge in [0.15, 0.2) is 5.78 Å². The van der Waals surface area contributed by atoms with Crippen LogP contribution in [0.5, 0.6) is 11.6 Å². The highest BCUT2D eigenvalue weighted by Gasteiger charge is 2.62. The van der Waals surface area contributed by atoms with E-state index in [0.29, 0.717) is 42.5 Å². The van der Waals surface area contributed by atoms with Crippen LogP contribution in [0.3, 0.4) is 0 Å². The predicted octanol–water partition coefficient (Wildman–Crippen LogP) is 5.31. The number of carbonyl (C=O) groups excluding carboxylic acids is 4. The summed E-state index contributed by atoms with van der Waals surface area (Å²) in [6.45, 7) is 11.0. The van der Waals surface area contributed by atoms with Crippen LogP contribution in [0.4, 0.5) is 0 Å². The van der Waals surface area contributed by atoms with Crippen LogP contribution < -0.4 is 14.2 Å². The van der Waals surface area contributed by atoms with E-state index in [4.69, 9.17) is 14.2 Å². The number of ketones is 1. The Bertz CT molecular complexity index is 1940. The van der Waals surface area contributed by atoms with Crippen molar-refractivity contribution in [3.8, 4) is 11.6 Å². The summed E-state index contributed by atoms with van der Waals surface area (Å²) >= 11 is 0. The summed E-state index contributed by atoms with van der Waals surface area (Å²) in [6.07, 6.45) is 8.04. The number of fused-ring (bicyclic) bond motifs is 3. The minimum absolute atomic E-state index is 0.0386. The van der Waals surface area contributed by atoms with E-state index in [1.54, 1.807) is 53.0 Å². The van der Waals surface area contributed by atoms with Crippen LogP contribution in [0.1, 0.15) is 99.3 Å². The SMILES string of the molecule is COc1ccc2ncc(O[C@@H]3C[C@H]4C(=O)C[C@]5(C(=O)NS(=O)(=O)C6(C)CC6)C[C@H]5/C=C\[C@@H](C)CCC[C@@H](C)[C@H](CC(=O)OC(C)(C)C)C(=O)N4C3)nc2c1. The minimum Gasteiger partial charge on any atom is -0.497 e. The molecule has 13 nitrogen and oxygen atoms in total. The third-order valence-electron chi connectivity index (χ3n) is 11.6. The highest BCUT2D eigenvalue weighted by atomic mass is 32.2. The van der Waals surface area contributed by atoms with Crippen molar-refractivity contribution in [3.05, 3.63) is 36.5 Å². The van der Waals surface area contributed by atoms with E-state index in [1.807, 2.05) is 19.1 Å². The zero-order valence-corrected chi connectivity index (χ0v) is 33.2. The van der Waals surface area contributed by atoms with Crippen molar-refractivity contribution in [2.75, 3.05) is 13.7 Å². The number of benzene rings is 1. The van der Waals surface area contributed by atoms with E-state index in [1.165, 1.54) is 11.1 Å². The number of ether oxygens (including phenoxy) is 3. The number of hydrogen-bond donors (Lipinski definition) is 1. The number of Topliss-reactive ketones (excluding diaryl/α,β-unsaturated/α-hetero) is 1. The van der Waals surface area contributed by atoms with Crippen molar-refractivity contribution >= 4 is 44.6 Å². The lowest BCUT2D eigenvalue weighted by Gasteiger charge is -2.32. The average molecular weight is 767 g/mol. The van der Waals surface area contributed by atoms with Gasteiger partial charge >= 0.3 is 5.97 Å². The van der Waals surface area contributed by atoms with Gasteiger partial charge in [0.25, 0.3) is 0 Å². The maximum absolute atomic E-state index is 14.7. The molecule has 1 N–H and O–H groups in total. The summed E-state index contributed by atoms with van der Waals surface area (Å²) in [5, 5.41) is 0. The number of nitrogens with one attached hydrogen (secondary N) is 1. The second kappa shape index (κ2) is 14.9. The molecule has 14 heteroatoms. The Balaban J connectivity index is 1.33.